The van der Waals surface area contributed by atoms with E-state index in [1.165, 1.54) is 11.8 Å². The number of hydrogen-bond donors (Lipinski definition) is 2. The van der Waals surface area contributed by atoms with E-state index < -0.39 is 0 Å². The summed E-state index contributed by atoms with van der Waals surface area (Å²) >= 11 is 7.32. The van der Waals surface area contributed by atoms with Crippen molar-refractivity contribution in [2.45, 2.75) is 25.4 Å². The first-order valence-electron chi connectivity index (χ1n) is 6.59. The number of fused-ring (bicyclic) bond motifs is 1. The van der Waals surface area contributed by atoms with E-state index in [0.29, 0.717) is 16.7 Å². The Balaban J connectivity index is 1.84. The number of aromatic amines is 1. The highest BCUT2D eigenvalue weighted by atomic mass is 35.5. The SMILES string of the molecule is CC(C)CCNC(=O)CSc1nc2ccc(Cl)cc2[nH]1. The predicted octanol–water partition coefficient (Wildman–Crippen LogP) is 3.47. The van der Waals surface area contributed by atoms with Gasteiger partial charge in [-0.2, -0.15) is 0 Å². The number of hydrogen-bond acceptors (Lipinski definition) is 3. The molecule has 0 aliphatic heterocycles. The second-order valence-corrected chi connectivity index (χ2v) is 6.43. The summed E-state index contributed by atoms with van der Waals surface area (Å²) in [7, 11) is 0. The molecule has 1 heterocycles. The standard InChI is InChI=1S/C14H18ClN3OS/c1-9(2)5-6-16-13(19)8-20-14-17-11-4-3-10(15)7-12(11)18-14/h3-4,7,9H,5-6,8H2,1-2H3,(H,16,19)(H,17,18). The van der Waals surface area contributed by atoms with E-state index in [1.54, 1.807) is 6.07 Å². The third-order valence-electron chi connectivity index (χ3n) is 2.81. The molecule has 4 nitrogen and oxygen atoms in total. The van der Waals surface area contributed by atoms with E-state index in [4.69, 9.17) is 11.6 Å². The van der Waals surface area contributed by atoms with Crippen molar-refractivity contribution < 1.29 is 4.79 Å². The van der Waals surface area contributed by atoms with Crippen LogP contribution in [0.4, 0.5) is 0 Å². The van der Waals surface area contributed by atoms with Gasteiger partial charge in [-0.25, -0.2) is 4.98 Å². The molecule has 0 radical (unpaired) electrons. The van der Waals surface area contributed by atoms with Crippen LogP contribution >= 0.6 is 23.4 Å². The summed E-state index contributed by atoms with van der Waals surface area (Å²) in [5.41, 5.74) is 1.75. The van der Waals surface area contributed by atoms with Crippen LogP contribution in [0.2, 0.25) is 5.02 Å². The van der Waals surface area contributed by atoms with Crippen LogP contribution in [0, 0.1) is 5.92 Å². The van der Waals surface area contributed by atoms with Gasteiger partial charge >= 0.3 is 0 Å². The topological polar surface area (TPSA) is 57.8 Å². The van der Waals surface area contributed by atoms with Gasteiger partial charge in [-0.1, -0.05) is 37.2 Å². The predicted molar refractivity (Wildman–Crippen MR) is 84.3 cm³/mol. The van der Waals surface area contributed by atoms with Crippen LogP contribution in [0.5, 0.6) is 0 Å². The molecule has 0 atom stereocenters. The molecule has 108 valence electrons. The average Bonchev–Trinajstić information content (AvgIpc) is 2.77. The number of nitrogens with one attached hydrogen (secondary N) is 2. The lowest BCUT2D eigenvalue weighted by molar-refractivity contribution is -0.118. The fraction of sp³-hybridized carbons (Fsp3) is 0.429. The maximum absolute atomic E-state index is 11.7. The van der Waals surface area contributed by atoms with Crippen molar-refractivity contribution in [3.05, 3.63) is 23.2 Å². The van der Waals surface area contributed by atoms with Gasteiger partial charge in [0.25, 0.3) is 0 Å². The molecule has 2 aromatic rings. The summed E-state index contributed by atoms with van der Waals surface area (Å²) in [5.74, 6) is 1.00. The van der Waals surface area contributed by atoms with E-state index >= 15 is 0 Å². The van der Waals surface area contributed by atoms with Gasteiger partial charge in [0.1, 0.15) is 0 Å². The van der Waals surface area contributed by atoms with E-state index in [0.717, 1.165) is 29.2 Å². The number of carbonyl (C=O) groups is 1. The molecule has 2 rings (SSSR count). The van der Waals surface area contributed by atoms with E-state index in [1.807, 2.05) is 12.1 Å². The Bertz CT molecular complexity index is 597. The zero-order chi connectivity index (χ0) is 14.5. The number of nitrogens with zero attached hydrogens (tertiary/aromatic N) is 1. The molecule has 0 spiro atoms. The molecular weight excluding hydrogens is 294 g/mol. The molecule has 20 heavy (non-hydrogen) atoms. The third kappa shape index (κ3) is 4.42. The van der Waals surface area contributed by atoms with Crippen LogP contribution < -0.4 is 5.32 Å². The molecule has 0 saturated carbocycles. The van der Waals surface area contributed by atoms with Gasteiger partial charge in [0, 0.05) is 11.6 Å². The van der Waals surface area contributed by atoms with Gasteiger partial charge in [0.2, 0.25) is 5.91 Å². The van der Waals surface area contributed by atoms with Crippen molar-refractivity contribution in [3.63, 3.8) is 0 Å². The normalized spacial score (nSPS) is 11.2. The highest BCUT2D eigenvalue weighted by Crippen LogP contribution is 2.21. The van der Waals surface area contributed by atoms with E-state index in [9.17, 15) is 4.79 Å². The number of amides is 1. The van der Waals surface area contributed by atoms with E-state index in [2.05, 4.69) is 29.1 Å². The van der Waals surface area contributed by atoms with Crippen LogP contribution in [-0.2, 0) is 4.79 Å². The molecule has 0 saturated heterocycles. The minimum Gasteiger partial charge on any atom is -0.355 e. The molecule has 2 N–H and O–H groups in total. The van der Waals surface area contributed by atoms with Crippen molar-refractivity contribution in [3.8, 4) is 0 Å². The molecular formula is C14H18ClN3OS. The number of halogens is 1. The summed E-state index contributed by atoms with van der Waals surface area (Å²) in [6.45, 7) is 5.01. The first kappa shape index (κ1) is 15.2. The Morgan fingerprint density at radius 3 is 3.05 bits per heavy atom. The lowest BCUT2D eigenvalue weighted by Gasteiger charge is -2.06. The minimum atomic E-state index is 0.0362. The van der Waals surface area contributed by atoms with Crippen molar-refractivity contribution in [1.29, 1.82) is 0 Å². The molecule has 0 bridgehead atoms. The smallest absolute Gasteiger partial charge is 0.230 e. The summed E-state index contributed by atoms with van der Waals surface area (Å²) in [5, 5.41) is 4.31. The van der Waals surface area contributed by atoms with Crippen molar-refractivity contribution in [1.82, 2.24) is 15.3 Å². The third-order valence-corrected chi connectivity index (χ3v) is 3.91. The van der Waals surface area contributed by atoms with Gasteiger partial charge in [-0.05, 0) is 30.5 Å². The number of carbonyl (C=O) groups excluding carboxylic acids is 1. The Hall–Kier alpha value is -1.20. The number of imidazole rings is 1. The van der Waals surface area contributed by atoms with Crippen LogP contribution in [-0.4, -0.2) is 28.2 Å². The number of aromatic nitrogens is 2. The highest BCUT2D eigenvalue weighted by molar-refractivity contribution is 7.99. The molecule has 0 aliphatic rings. The number of rotatable bonds is 6. The van der Waals surface area contributed by atoms with Gasteiger partial charge < -0.3 is 10.3 Å². The van der Waals surface area contributed by atoms with Crippen LogP contribution in [0.15, 0.2) is 23.4 Å². The van der Waals surface area contributed by atoms with Gasteiger partial charge in [0.05, 0.1) is 16.8 Å². The fourth-order valence-corrected chi connectivity index (χ4v) is 2.60. The zero-order valence-corrected chi connectivity index (χ0v) is 13.1. The van der Waals surface area contributed by atoms with Crippen LogP contribution in [0.25, 0.3) is 11.0 Å². The van der Waals surface area contributed by atoms with Crippen LogP contribution in [0.1, 0.15) is 20.3 Å². The largest absolute Gasteiger partial charge is 0.355 e. The molecule has 1 aromatic carbocycles. The zero-order valence-electron chi connectivity index (χ0n) is 11.6. The average molecular weight is 312 g/mol. The summed E-state index contributed by atoms with van der Waals surface area (Å²) in [6, 6.07) is 5.50. The van der Waals surface area contributed by atoms with Gasteiger partial charge in [-0.3, -0.25) is 4.79 Å². The van der Waals surface area contributed by atoms with Crippen molar-refractivity contribution in [2.24, 2.45) is 5.92 Å². The Morgan fingerprint density at radius 1 is 1.50 bits per heavy atom. The maximum Gasteiger partial charge on any atom is 0.230 e. The van der Waals surface area contributed by atoms with E-state index in [-0.39, 0.29) is 5.91 Å². The lowest BCUT2D eigenvalue weighted by Crippen LogP contribution is -2.26. The summed E-state index contributed by atoms with van der Waals surface area (Å²) < 4.78 is 0. The molecule has 0 unspecified atom stereocenters. The number of benzene rings is 1. The Morgan fingerprint density at radius 2 is 2.30 bits per heavy atom. The van der Waals surface area contributed by atoms with Crippen molar-refractivity contribution >= 4 is 40.3 Å². The number of thioether (sulfide) groups is 1. The first-order chi connectivity index (χ1) is 9.54. The second-order valence-electron chi connectivity index (χ2n) is 5.02. The monoisotopic (exact) mass is 311 g/mol. The fourth-order valence-electron chi connectivity index (χ4n) is 1.71. The molecule has 1 aromatic heterocycles. The highest BCUT2D eigenvalue weighted by Gasteiger charge is 2.07. The molecule has 0 fully saturated rings. The Kier molecular flexibility index (Phi) is 5.31. The Labute approximate surface area is 127 Å². The second kappa shape index (κ2) is 6.99. The molecule has 0 aliphatic carbocycles. The summed E-state index contributed by atoms with van der Waals surface area (Å²) in [4.78, 5) is 19.2. The van der Waals surface area contributed by atoms with Crippen molar-refractivity contribution in [2.75, 3.05) is 12.3 Å². The van der Waals surface area contributed by atoms with Gasteiger partial charge in [0.15, 0.2) is 5.16 Å². The number of H-pyrrole nitrogens is 1. The quantitative estimate of drug-likeness (QED) is 0.803. The minimum absolute atomic E-state index is 0.0362. The first-order valence-corrected chi connectivity index (χ1v) is 7.95. The summed E-state index contributed by atoms with van der Waals surface area (Å²) in [6.07, 6.45) is 1.000. The van der Waals surface area contributed by atoms with Crippen LogP contribution in [0.3, 0.4) is 0 Å². The van der Waals surface area contributed by atoms with Gasteiger partial charge in [-0.15, -0.1) is 0 Å². The lowest BCUT2D eigenvalue weighted by atomic mass is 10.1. The molecule has 1 amide bonds. The molecule has 6 heteroatoms. The maximum atomic E-state index is 11.7.